The second-order valence-electron chi connectivity index (χ2n) is 28.6. The van der Waals surface area contributed by atoms with E-state index >= 15 is 0 Å². The minimum Gasteiger partial charge on any atom is -0.476 e. The number of hydrogen-bond donors (Lipinski definition) is 18. The average Bonchev–Trinajstić information content (AvgIpc) is 1.60. The number of ether oxygens (including phenoxy) is 7. The van der Waals surface area contributed by atoms with Crippen LogP contribution in [-0.2, 0) is 28.4 Å². The van der Waals surface area contributed by atoms with Gasteiger partial charge in [0, 0.05) is 49.0 Å². The van der Waals surface area contributed by atoms with Crippen LogP contribution in [0.3, 0.4) is 0 Å². The van der Waals surface area contributed by atoms with Gasteiger partial charge in [-0.25, -0.2) is 60.7 Å². The minimum atomic E-state index is -1.93. The molecular weight excluding hydrogens is 1810 g/mol. The van der Waals surface area contributed by atoms with Crippen LogP contribution in [0.4, 0.5) is 30.7 Å². The van der Waals surface area contributed by atoms with Gasteiger partial charge in [0.15, 0.2) is 103 Å². The number of halogens is 12. The number of fused-ring (bicyclic) bond motifs is 1. The van der Waals surface area contributed by atoms with Gasteiger partial charge < -0.3 is 141 Å². The molecule has 123 heavy (non-hydrogen) atoms. The molecule has 24 atom stereocenters. The summed E-state index contributed by atoms with van der Waals surface area (Å²) in [6.45, 7) is 23.7. The molecule has 13 rings (SSSR count). The van der Waals surface area contributed by atoms with Crippen LogP contribution in [-0.4, -0.2) is 360 Å². The van der Waals surface area contributed by atoms with Crippen molar-refractivity contribution < 1.29 is 130 Å². The molecule has 6 fully saturated rings. The van der Waals surface area contributed by atoms with E-state index in [1.807, 2.05) is 12.4 Å². The van der Waals surface area contributed by atoms with Crippen molar-refractivity contribution in [2.24, 2.45) is 42.2 Å². The van der Waals surface area contributed by atoms with Crippen LogP contribution >= 0.6 is 62.3 Å². The molecule has 0 radical (unpaired) electrons. The van der Waals surface area contributed by atoms with E-state index in [1.54, 1.807) is 33.2 Å². The largest absolute Gasteiger partial charge is 0.476 e. The topological polar surface area (TPSA) is 551 Å². The number of amidine groups is 5. The summed E-state index contributed by atoms with van der Waals surface area (Å²) >= 11 is 25.8. The molecule has 51 heteroatoms. The molecule has 0 unspecified atom stereocenters. The molecule has 0 bridgehead atoms. The van der Waals surface area contributed by atoms with E-state index in [2.05, 4.69) is 101 Å². The summed E-state index contributed by atoms with van der Waals surface area (Å²) < 4.78 is 139. The fourth-order valence-corrected chi connectivity index (χ4v) is 15.2. The Balaban J connectivity index is 0.000000184. The van der Waals surface area contributed by atoms with Gasteiger partial charge in [0.25, 0.3) is 0 Å². The van der Waals surface area contributed by atoms with Crippen molar-refractivity contribution in [3.63, 3.8) is 0 Å². The van der Waals surface area contributed by atoms with Gasteiger partial charge in [-0.2, -0.15) is 4.98 Å². The van der Waals surface area contributed by atoms with Gasteiger partial charge in [-0.05, 0) is 39.0 Å². The number of aryl methyl sites for hydroxylation is 1. The lowest BCUT2D eigenvalue weighted by molar-refractivity contribution is -0.121. The highest BCUT2D eigenvalue weighted by atomic mass is 79.9. The molecule has 0 saturated carbocycles. The molecule has 13 heterocycles. The third kappa shape index (κ3) is 19.8. The number of nitrogens with zero attached hydrogens (tertiary/aromatic N) is 14. The van der Waals surface area contributed by atoms with Crippen LogP contribution in [0.5, 0.6) is 5.88 Å². The van der Waals surface area contributed by atoms with Crippen LogP contribution in [0.15, 0.2) is 167 Å². The van der Waals surface area contributed by atoms with Gasteiger partial charge in [-0.3, -0.25) is 20.2 Å². The summed E-state index contributed by atoms with van der Waals surface area (Å²) in [4.78, 5) is 38.2. The molecule has 2 aromatic rings. The van der Waals surface area contributed by atoms with Crippen LogP contribution in [0.1, 0.15) is 25.9 Å². The predicted octanol–water partition coefficient (Wildman–Crippen LogP) is 0.149. The number of hydrogen-bond acceptors (Lipinski definition) is 37. The SMILES string of the molecule is C=C1N=C(N)C(C)=CN1[C@@H]1O[C@@](CO)(CCl)[C@@H](O)[C@H]1F.C=C1N=C(N)C(F)=CN1[C@@H]1O[C@@](CO)(CCl)[C@@H](O)[C@H]1F.C=C1N=C(N)C=CN1[C@@H]1O[C@@](CO)(CBr)[C@@H](O)[C@H]1F.C=C1N=C(NO)C=CN1[C@@H]1O[C@@](CO)(CCl)[C@@H](O)[C@H]1F.C=C1NC(=NC)C=CN1[C@@H]1O[C@@](CO)(CCl)[C@@H](O)[C@H]1F.C=C[C@]1(CO)O[C@@H](n2cnc3c(OCC)nc(C)nc32)[C@H](F)[C@@H]1O. The number of alkyl halides is 11. The first-order valence-electron chi connectivity index (χ1n) is 36.8. The van der Waals surface area contributed by atoms with E-state index in [4.69, 9.17) is 102 Å². The predicted molar refractivity (Wildman–Crippen MR) is 436 cm³/mol. The van der Waals surface area contributed by atoms with E-state index in [0.29, 0.717) is 46.7 Å². The Morgan fingerprint density at radius 2 is 0.967 bits per heavy atom. The number of imidazole rings is 1. The number of aromatic nitrogens is 4. The van der Waals surface area contributed by atoms with Crippen molar-refractivity contribution in [2.45, 2.75) is 165 Å². The maximum Gasteiger partial charge on any atom is 0.245 e. The molecule has 2 aromatic heterocycles. The third-order valence-electron chi connectivity index (χ3n) is 20.8. The number of nitrogens with one attached hydrogen (secondary N) is 2. The van der Waals surface area contributed by atoms with Crippen molar-refractivity contribution in [2.75, 3.05) is 82.1 Å². The van der Waals surface area contributed by atoms with Gasteiger partial charge in [0.1, 0.15) is 123 Å². The molecule has 684 valence electrons. The van der Waals surface area contributed by atoms with Gasteiger partial charge in [0.05, 0.1) is 76.1 Å². The maximum atomic E-state index is 14.6. The fraction of sp³-hybridized carbons (Fsp3) is 0.556. The Labute approximate surface area is 727 Å². The number of aliphatic imine (C=N–C) groups is 5. The monoisotopic (exact) mass is 1900 g/mol. The zero-order valence-electron chi connectivity index (χ0n) is 66.1. The molecule has 0 aliphatic carbocycles. The number of nitrogens with two attached hydrogens (primary N) is 3. The number of rotatable bonds is 20. The Morgan fingerprint density at radius 3 is 1.35 bits per heavy atom. The second-order valence-corrected chi connectivity index (χ2v) is 30.2. The van der Waals surface area contributed by atoms with Gasteiger partial charge in [0.2, 0.25) is 5.88 Å². The van der Waals surface area contributed by atoms with Crippen molar-refractivity contribution in [3.8, 4) is 5.88 Å². The number of aliphatic hydroxyl groups excluding tert-OH is 12. The summed E-state index contributed by atoms with van der Waals surface area (Å²) in [7, 11) is 1.60. The first-order valence-corrected chi connectivity index (χ1v) is 40.0. The highest BCUT2D eigenvalue weighted by Crippen LogP contribution is 2.45. The highest BCUT2D eigenvalue weighted by Gasteiger charge is 2.62. The second kappa shape index (κ2) is 41.8. The smallest absolute Gasteiger partial charge is 0.245 e. The molecule has 0 aromatic carbocycles. The Morgan fingerprint density at radius 1 is 0.561 bits per heavy atom. The molecular formula is C72H97BrCl4F7N19O20. The van der Waals surface area contributed by atoms with E-state index < -0.39 is 190 Å². The van der Waals surface area contributed by atoms with Crippen LogP contribution in [0, 0.1) is 6.92 Å². The Hall–Kier alpha value is -7.77. The van der Waals surface area contributed by atoms with E-state index in [-0.39, 0.29) is 75.5 Å². The maximum absolute atomic E-state index is 14.6. The van der Waals surface area contributed by atoms with Gasteiger partial charge >= 0.3 is 0 Å². The van der Waals surface area contributed by atoms with Crippen molar-refractivity contribution >= 4 is 103 Å². The third-order valence-corrected chi connectivity index (χ3v) is 23.6. The van der Waals surface area contributed by atoms with E-state index in [0.717, 1.165) is 11.1 Å². The van der Waals surface area contributed by atoms with Gasteiger partial charge in [-0.1, -0.05) is 54.9 Å². The molecule has 21 N–H and O–H groups in total. The quantitative estimate of drug-likeness (QED) is 0.0363. The summed E-state index contributed by atoms with van der Waals surface area (Å²) in [5.41, 5.74) is 10.3. The highest BCUT2D eigenvalue weighted by molar-refractivity contribution is 9.09. The first-order chi connectivity index (χ1) is 58.1. The lowest BCUT2D eigenvalue weighted by Gasteiger charge is -2.34. The zero-order chi connectivity index (χ0) is 91.7. The van der Waals surface area contributed by atoms with Crippen molar-refractivity contribution in [1.82, 2.24) is 54.8 Å². The van der Waals surface area contributed by atoms with E-state index in [9.17, 15) is 92.0 Å². The minimum absolute atomic E-state index is 0.0490. The van der Waals surface area contributed by atoms with Crippen molar-refractivity contribution in [1.29, 1.82) is 0 Å². The molecule has 0 amide bonds. The molecule has 11 aliphatic rings. The number of hydroxylamine groups is 1. The average molecular weight is 1900 g/mol. The molecule has 11 aliphatic heterocycles. The lowest BCUT2D eigenvalue weighted by Crippen LogP contribution is -2.47. The first kappa shape index (κ1) is 101. The molecule has 0 spiro atoms. The summed E-state index contributed by atoms with van der Waals surface area (Å²) in [5, 5.41) is 127. The van der Waals surface area contributed by atoms with Crippen LogP contribution < -0.4 is 32.7 Å². The standard InChI is InChI=1S/C15H19FN4O4.2C12H17ClFN3O3.C11H15BrFN3O3.C11H14ClF2N3O3.C11H15ClFN3O4/c1-4-15(6-21)11(22)9(16)14(24-15)20-7-17-10-12(20)18-8(3)19-13(10)23-5-2;1-6-3-17(7(2)16-10(6)15)11-8(14)9(19)12(4-13,5-18)20-11;1-7-16-8(15-2)3-4-17(7)11-9(14)10(19)12(5-13,6-18)20-11;1-6-15-7(14)2-3-16(6)10-8(13)9(18)11(4-12,5-17)19-10;1-5-16-9(15)6(13)2-17(5)10-7(14)8(19)11(3-12,4-18)20-10;1-6-14-7(15-19)2-3-16(6)10-8(13)9(18)11(4-12,5-17)20-10/h4,7,9,11,14,21-22H,1,5-6H2,2-3H3;3,8-9,11,18-19H,2,4-5H2,1H3,(H2,15,16);3-4,9-11,18-19H,1,5-6H2,2H3,(H,15,16);2-3,8-10,17-18H,1,4-5H2,(H2,14,15);2,7-8,10,18-19H,1,3-4H2,(H2,15,16);2-3,8-10,17-19H,1,4-5H2,(H,14,15)/t9-,11+,14-,15-;8-,9+,11-,12-;9-,10+,11-,12-;8-,9+,10-,11-;7-,8+,10-,11-;8-,9+,10-,11-/m111111/s1. The van der Waals surface area contributed by atoms with Gasteiger partial charge in [-0.15, -0.1) is 53.0 Å². The number of aliphatic hydroxyl groups is 12. The lowest BCUT2D eigenvalue weighted by atomic mass is 9.97. The summed E-state index contributed by atoms with van der Waals surface area (Å²) in [6, 6.07) is 0. The normalized spacial score (nSPS) is 36.6. The fourth-order valence-electron chi connectivity index (χ4n) is 13.3. The van der Waals surface area contributed by atoms with Crippen LogP contribution in [0.25, 0.3) is 11.2 Å². The molecule has 39 nitrogen and oxygen atoms in total. The summed E-state index contributed by atoms with van der Waals surface area (Å²) in [5.74, 6) is 0.459. The Kier molecular flexibility index (Phi) is 34.2. The van der Waals surface area contributed by atoms with E-state index in [1.165, 1.54) is 67.3 Å². The molecule has 6 saturated heterocycles. The zero-order valence-corrected chi connectivity index (χ0v) is 70.7. The summed E-state index contributed by atoms with van der Waals surface area (Å²) in [6.07, 6.45) is -13.4. The Bertz CT molecular complexity index is 4370. The van der Waals surface area contributed by atoms with Crippen molar-refractivity contribution in [3.05, 3.63) is 147 Å². The van der Waals surface area contributed by atoms with Crippen LogP contribution in [0.2, 0.25) is 0 Å².